The SMILES string of the molecule is FC(F)(F)c1cccc(CNc2cc(NCc3ccc4c(c3)OCO4)ncn2)c1. The summed E-state index contributed by atoms with van der Waals surface area (Å²) in [5.41, 5.74) is 0.824. The van der Waals surface area contributed by atoms with Crippen molar-refractivity contribution in [1.82, 2.24) is 9.97 Å². The topological polar surface area (TPSA) is 68.3 Å². The van der Waals surface area contributed by atoms with E-state index in [9.17, 15) is 13.2 Å². The summed E-state index contributed by atoms with van der Waals surface area (Å²) in [7, 11) is 0. The predicted octanol–water partition coefficient (Wildman–Crippen LogP) is 4.45. The number of fused-ring (bicyclic) bond motifs is 1. The van der Waals surface area contributed by atoms with Gasteiger partial charge in [-0.25, -0.2) is 9.97 Å². The van der Waals surface area contributed by atoms with E-state index in [2.05, 4.69) is 20.6 Å². The molecule has 0 radical (unpaired) electrons. The number of nitrogens with zero attached hydrogens (tertiary/aromatic N) is 2. The summed E-state index contributed by atoms with van der Waals surface area (Å²) in [6.07, 6.45) is -2.98. The van der Waals surface area contributed by atoms with Crippen LogP contribution in [0.1, 0.15) is 16.7 Å². The van der Waals surface area contributed by atoms with Gasteiger partial charge in [0.2, 0.25) is 6.79 Å². The van der Waals surface area contributed by atoms with Crippen LogP contribution in [0.5, 0.6) is 11.5 Å². The van der Waals surface area contributed by atoms with E-state index < -0.39 is 11.7 Å². The van der Waals surface area contributed by atoms with Crippen LogP contribution in [0.25, 0.3) is 0 Å². The van der Waals surface area contributed by atoms with Crippen molar-refractivity contribution in [3.8, 4) is 11.5 Å². The van der Waals surface area contributed by atoms with Crippen LogP contribution in [0.3, 0.4) is 0 Å². The van der Waals surface area contributed by atoms with Gasteiger partial charge in [0, 0.05) is 19.2 Å². The number of benzene rings is 2. The van der Waals surface area contributed by atoms with Gasteiger partial charge in [-0.05, 0) is 35.4 Å². The molecule has 0 spiro atoms. The number of hydrogen-bond acceptors (Lipinski definition) is 6. The lowest BCUT2D eigenvalue weighted by Gasteiger charge is -2.11. The fraction of sp³-hybridized carbons (Fsp3) is 0.200. The highest BCUT2D eigenvalue weighted by atomic mass is 19.4. The van der Waals surface area contributed by atoms with Gasteiger partial charge in [-0.3, -0.25) is 0 Å². The Balaban J connectivity index is 1.36. The van der Waals surface area contributed by atoms with Gasteiger partial charge in [0.25, 0.3) is 0 Å². The van der Waals surface area contributed by atoms with Crippen LogP contribution in [0.2, 0.25) is 0 Å². The molecule has 0 bridgehead atoms. The van der Waals surface area contributed by atoms with Crippen LogP contribution < -0.4 is 20.1 Å². The summed E-state index contributed by atoms with van der Waals surface area (Å²) >= 11 is 0. The Kier molecular flexibility index (Phi) is 5.11. The molecule has 29 heavy (non-hydrogen) atoms. The molecule has 2 heterocycles. The van der Waals surface area contributed by atoms with Gasteiger partial charge in [-0.1, -0.05) is 18.2 Å². The van der Waals surface area contributed by atoms with Crippen molar-refractivity contribution in [3.05, 3.63) is 71.5 Å². The molecular formula is C20H17F3N4O2. The first-order valence-electron chi connectivity index (χ1n) is 8.82. The molecule has 0 amide bonds. The van der Waals surface area contributed by atoms with E-state index in [1.165, 1.54) is 12.4 Å². The summed E-state index contributed by atoms with van der Waals surface area (Å²) in [5, 5.41) is 6.20. The van der Waals surface area contributed by atoms with Gasteiger partial charge in [0.15, 0.2) is 11.5 Å². The van der Waals surface area contributed by atoms with Crippen LogP contribution in [0.4, 0.5) is 24.8 Å². The molecule has 1 aromatic heterocycles. The lowest BCUT2D eigenvalue weighted by atomic mass is 10.1. The van der Waals surface area contributed by atoms with Gasteiger partial charge < -0.3 is 20.1 Å². The molecule has 2 N–H and O–H groups in total. The van der Waals surface area contributed by atoms with Gasteiger partial charge in [-0.15, -0.1) is 0 Å². The molecule has 1 aliphatic rings. The van der Waals surface area contributed by atoms with Crippen LogP contribution >= 0.6 is 0 Å². The zero-order chi connectivity index (χ0) is 20.3. The Hall–Kier alpha value is -3.49. The van der Waals surface area contributed by atoms with Crippen molar-refractivity contribution in [2.45, 2.75) is 19.3 Å². The summed E-state index contributed by atoms with van der Waals surface area (Å²) in [6.45, 7) is 0.947. The smallest absolute Gasteiger partial charge is 0.416 e. The molecule has 4 rings (SSSR count). The summed E-state index contributed by atoms with van der Waals surface area (Å²) in [5.74, 6) is 2.52. The number of nitrogens with one attached hydrogen (secondary N) is 2. The third-order valence-electron chi connectivity index (χ3n) is 4.31. The third kappa shape index (κ3) is 4.68. The first-order valence-corrected chi connectivity index (χ1v) is 8.82. The third-order valence-corrected chi connectivity index (χ3v) is 4.31. The van der Waals surface area contributed by atoms with Crippen LogP contribution in [0.15, 0.2) is 54.9 Å². The van der Waals surface area contributed by atoms with E-state index in [0.29, 0.717) is 29.5 Å². The van der Waals surface area contributed by atoms with E-state index in [4.69, 9.17) is 9.47 Å². The van der Waals surface area contributed by atoms with Crippen LogP contribution in [0, 0.1) is 0 Å². The first kappa shape index (κ1) is 18.9. The second kappa shape index (κ2) is 7.86. The molecule has 3 aromatic rings. The number of hydrogen-bond donors (Lipinski definition) is 2. The Morgan fingerprint density at radius 1 is 0.828 bits per heavy atom. The molecular weight excluding hydrogens is 385 g/mol. The standard InChI is InChI=1S/C20H17F3N4O2/c21-20(22,23)15-3-1-2-13(6-15)9-24-18-8-19(27-11-26-18)25-10-14-4-5-16-17(7-14)29-12-28-16/h1-8,11H,9-10,12H2,(H2,24,25,26,27). The quantitative estimate of drug-likeness (QED) is 0.635. The van der Waals surface area contributed by atoms with E-state index in [-0.39, 0.29) is 13.3 Å². The largest absolute Gasteiger partial charge is 0.454 e. The Morgan fingerprint density at radius 2 is 1.52 bits per heavy atom. The van der Waals surface area contributed by atoms with Gasteiger partial charge in [0.1, 0.15) is 18.0 Å². The average molecular weight is 402 g/mol. The molecule has 0 fully saturated rings. The molecule has 0 saturated carbocycles. The maximum Gasteiger partial charge on any atom is 0.416 e. The Morgan fingerprint density at radius 3 is 2.24 bits per heavy atom. The van der Waals surface area contributed by atoms with Crippen molar-refractivity contribution in [3.63, 3.8) is 0 Å². The second-order valence-electron chi connectivity index (χ2n) is 6.38. The number of halogens is 3. The molecule has 6 nitrogen and oxygen atoms in total. The Bertz CT molecular complexity index is 1010. The number of anilines is 2. The van der Waals surface area contributed by atoms with Crippen molar-refractivity contribution >= 4 is 11.6 Å². The van der Waals surface area contributed by atoms with E-state index >= 15 is 0 Å². The molecule has 2 aromatic carbocycles. The van der Waals surface area contributed by atoms with Crippen molar-refractivity contribution in [2.75, 3.05) is 17.4 Å². The van der Waals surface area contributed by atoms with E-state index in [1.54, 1.807) is 12.1 Å². The summed E-state index contributed by atoms with van der Waals surface area (Å²) in [6, 6.07) is 12.5. The van der Waals surface area contributed by atoms with Crippen molar-refractivity contribution in [2.24, 2.45) is 0 Å². The van der Waals surface area contributed by atoms with Crippen LogP contribution in [-0.4, -0.2) is 16.8 Å². The van der Waals surface area contributed by atoms with Crippen molar-refractivity contribution in [1.29, 1.82) is 0 Å². The van der Waals surface area contributed by atoms with Gasteiger partial charge >= 0.3 is 6.18 Å². The van der Waals surface area contributed by atoms with Gasteiger partial charge in [-0.2, -0.15) is 13.2 Å². The number of ether oxygens (including phenoxy) is 2. The second-order valence-corrected chi connectivity index (χ2v) is 6.38. The zero-order valence-corrected chi connectivity index (χ0v) is 15.2. The van der Waals surface area contributed by atoms with E-state index in [1.807, 2.05) is 18.2 Å². The minimum atomic E-state index is -4.36. The molecule has 0 saturated heterocycles. The van der Waals surface area contributed by atoms with Gasteiger partial charge in [0.05, 0.1) is 5.56 Å². The van der Waals surface area contributed by atoms with E-state index in [0.717, 1.165) is 23.4 Å². The monoisotopic (exact) mass is 402 g/mol. The molecule has 0 atom stereocenters. The maximum atomic E-state index is 12.8. The molecule has 0 unspecified atom stereocenters. The fourth-order valence-electron chi connectivity index (χ4n) is 2.84. The van der Waals surface area contributed by atoms with Crippen LogP contribution in [-0.2, 0) is 19.3 Å². The molecule has 0 aliphatic carbocycles. The fourth-order valence-corrected chi connectivity index (χ4v) is 2.84. The average Bonchev–Trinajstić information content (AvgIpc) is 3.18. The predicted molar refractivity (Wildman–Crippen MR) is 101 cm³/mol. The first-order chi connectivity index (χ1) is 14.0. The highest BCUT2D eigenvalue weighted by molar-refractivity contribution is 5.49. The number of aromatic nitrogens is 2. The summed E-state index contributed by atoms with van der Waals surface area (Å²) in [4.78, 5) is 8.27. The maximum absolute atomic E-state index is 12.8. The number of alkyl halides is 3. The lowest BCUT2D eigenvalue weighted by Crippen LogP contribution is -2.08. The highest BCUT2D eigenvalue weighted by Crippen LogP contribution is 2.32. The minimum absolute atomic E-state index is 0.211. The minimum Gasteiger partial charge on any atom is -0.454 e. The van der Waals surface area contributed by atoms with Crippen molar-refractivity contribution < 1.29 is 22.6 Å². The Labute approximate surface area is 164 Å². The lowest BCUT2D eigenvalue weighted by molar-refractivity contribution is -0.137. The zero-order valence-electron chi connectivity index (χ0n) is 15.2. The molecule has 9 heteroatoms. The molecule has 1 aliphatic heterocycles. The number of rotatable bonds is 6. The molecule has 150 valence electrons. The highest BCUT2D eigenvalue weighted by Gasteiger charge is 2.30. The normalized spacial score (nSPS) is 12.7. The summed E-state index contributed by atoms with van der Waals surface area (Å²) < 4.78 is 49.1.